The number of fused-ring (bicyclic) bond motifs is 1. The molecule has 7 nitrogen and oxygen atoms in total. The number of aromatic nitrogens is 2. The maximum Gasteiger partial charge on any atom is 0.268 e. The van der Waals surface area contributed by atoms with E-state index in [2.05, 4.69) is 20.6 Å². The fourth-order valence-electron chi connectivity index (χ4n) is 4.94. The molecule has 172 valence electrons. The molecule has 0 aliphatic heterocycles. The first-order valence-electron chi connectivity index (χ1n) is 11.8. The van der Waals surface area contributed by atoms with Crippen LogP contribution in [0.4, 0.5) is 0 Å². The number of nitrogens with zero attached hydrogens (tertiary/aromatic N) is 1. The number of amides is 2. The minimum Gasteiger partial charge on any atom is -0.350 e. The number of carbonyl (C=O) groups excluding carboxylic acids is 2. The second-order valence-corrected chi connectivity index (χ2v) is 9.68. The Hall–Kier alpha value is -3.19. The van der Waals surface area contributed by atoms with E-state index in [9.17, 15) is 9.59 Å². The van der Waals surface area contributed by atoms with Gasteiger partial charge >= 0.3 is 0 Å². The van der Waals surface area contributed by atoms with Crippen molar-refractivity contribution in [3.05, 3.63) is 64.6 Å². The van der Waals surface area contributed by atoms with Crippen molar-refractivity contribution in [1.82, 2.24) is 20.6 Å². The number of hydrogen-bond acceptors (Lipinski definition) is 4. The quantitative estimate of drug-likeness (QED) is 0.464. The van der Waals surface area contributed by atoms with E-state index in [0.717, 1.165) is 59.8 Å². The van der Waals surface area contributed by atoms with Gasteiger partial charge in [0.25, 0.3) is 11.8 Å². The maximum atomic E-state index is 13.1. The monoisotopic (exact) mass is 445 g/mol. The third-order valence-corrected chi connectivity index (χ3v) is 6.97. The first-order valence-corrected chi connectivity index (χ1v) is 11.8. The van der Waals surface area contributed by atoms with E-state index in [1.54, 1.807) is 6.20 Å². The predicted molar refractivity (Wildman–Crippen MR) is 128 cm³/mol. The molecule has 2 heterocycles. The molecular formula is C26H31N5O2. The largest absolute Gasteiger partial charge is 0.350 e. The van der Waals surface area contributed by atoms with Gasteiger partial charge in [-0.2, -0.15) is 0 Å². The Bertz CT molecular complexity index is 1210. The van der Waals surface area contributed by atoms with Crippen LogP contribution >= 0.6 is 0 Å². The molecule has 3 atom stereocenters. The molecule has 2 aromatic heterocycles. The molecule has 33 heavy (non-hydrogen) atoms. The van der Waals surface area contributed by atoms with E-state index < -0.39 is 0 Å². The zero-order chi connectivity index (χ0) is 23.1. The van der Waals surface area contributed by atoms with Crippen molar-refractivity contribution < 1.29 is 9.59 Å². The predicted octanol–water partition coefficient (Wildman–Crippen LogP) is 3.67. The molecule has 2 amide bonds. The van der Waals surface area contributed by atoms with E-state index in [-0.39, 0.29) is 29.9 Å². The third kappa shape index (κ3) is 4.50. The summed E-state index contributed by atoms with van der Waals surface area (Å²) in [5, 5.41) is 7.30. The number of nitrogens with one attached hydrogen (secondary N) is 3. The minimum atomic E-state index is -0.171. The summed E-state index contributed by atoms with van der Waals surface area (Å²) < 4.78 is 0. The van der Waals surface area contributed by atoms with Gasteiger partial charge in [0.2, 0.25) is 0 Å². The number of aryl methyl sites for hydroxylation is 2. The highest BCUT2D eigenvalue weighted by Crippen LogP contribution is 2.41. The molecule has 2 fully saturated rings. The van der Waals surface area contributed by atoms with Crippen LogP contribution in [0.3, 0.4) is 0 Å². The number of H-pyrrole nitrogens is 1. The van der Waals surface area contributed by atoms with E-state index in [1.165, 1.54) is 0 Å². The molecule has 0 bridgehead atoms. The minimum absolute atomic E-state index is 0.114. The van der Waals surface area contributed by atoms with E-state index in [4.69, 9.17) is 5.73 Å². The summed E-state index contributed by atoms with van der Waals surface area (Å²) in [5.41, 5.74) is 10.9. The highest BCUT2D eigenvalue weighted by Gasteiger charge is 2.36. The van der Waals surface area contributed by atoms with Crippen molar-refractivity contribution in [1.29, 1.82) is 0 Å². The Labute approximate surface area is 193 Å². The second-order valence-electron chi connectivity index (χ2n) is 9.68. The fraction of sp³-hybridized carbons (Fsp3) is 0.423. The van der Waals surface area contributed by atoms with Crippen LogP contribution in [0, 0.1) is 19.8 Å². The first-order chi connectivity index (χ1) is 15.9. The van der Waals surface area contributed by atoms with Gasteiger partial charge < -0.3 is 21.4 Å². The van der Waals surface area contributed by atoms with Crippen LogP contribution in [-0.2, 0) is 0 Å². The number of benzene rings is 1. The zero-order valence-electron chi connectivity index (χ0n) is 19.2. The lowest BCUT2D eigenvalue weighted by Gasteiger charge is -2.20. The van der Waals surface area contributed by atoms with Gasteiger partial charge in [-0.15, -0.1) is 0 Å². The topological polar surface area (TPSA) is 113 Å². The maximum absolute atomic E-state index is 13.1. The van der Waals surface area contributed by atoms with E-state index in [1.807, 2.05) is 44.2 Å². The van der Waals surface area contributed by atoms with Gasteiger partial charge in [-0.1, -0.05) is 18.2 Å². The van der Waals surface area contributed by atoms with Gasteiger partial charge in [-0.25, -0.2) is 0 Å². The van der Waals surface area contributed by atoms with Gasteiger partial charge in [0.1, 0.15) is 5.69 Å². The van der Waals surface area contributed by atoms with E-state index in [0.29, 0.717) is 17.2 Å². The average Bonchev–Trinajstić information content (AvgIpc) is 3.40. The third-order valence-electron chi connectivity index (χ3n) is 6.97. The molecule has 2 aliphatic rings. The zero-order valence-corrected chi connectivity index (χ0v) is 19.2. The summed E-state index contributed by atoms with van der Waals surface area (Å²) in [4.78, 5) is 33.7. The summed E-state index contributed by atoms with van der Waals surface area (Å²) in [7, 11) is 0. The van der Waals surface area contributed by atoms with Gasteiger partial charge in [0.15, 0.2) is 0 Å². The number of pyridine rings is 1. The first kappa shape index (κ1) is 21.6. The SMILES string of the molecule is Cc1cc(C(=O)N[C@@H]2CC[C@@H](N)C2)cnc1C(NC(=O)c1cc2cccc(C)c2[nH]1)C1CC1. The lowest BCUT2D eigenvalue weighted by Crippen LogP contribution is -2.34. The van der Waals surface area contributed by atoms with Crippen molar-refractivity contribution in [3.63, 3.8) is 0 Å². The van der Waals surface area contributed by atoms with Gasteiger partial charge in [0.05, 0.1) is 17.3 Å². The highest BCUT2D eigenvalue weighted by atomic mass is 16.2. The van der Waals surface area contributed by atoms with Crippen molar-refractivity contribution >= 4 is 22.7 Å². The Morgan fingerprint density at radius 2 is 1.91 bits per heavy atom. The number of carbonyl (C=O) groups is 2. The van der Waals surface area contributed by atoms with Crippen LogP contribution in [0.15, 0.2) is 36.5 Å². The average molecular weight is 446 g/mol. The smallest absolute Gasteiger partial charge is 0.268 e. The van der Waals surface area contributed by atoms with Gasteiger partial charge in [-0.05, 0) is 75.1 Å². The van der Waals surface area contributed by atoms with Gasteiger partial charge in [0, 0.05) is 29.2 Å². The van der Waals surface area contributed by atoms with Crippen LogP contribution in [0.5, 0.6) is 0 Å². The number of rotatable bonds is 6. The van der Waals surface area contributed by atoms with Crippen molar-refractivity contribution in [3.8, 4) is 0 Å². The van der Waals surface area contributed by atoms with Crippen LogP contribution < -0.4 is 16.4 Å². The fourth-order valence-corrected chi connectivity index (χ4v) is 4.94. The lowest BCUT2D eigenvalue weighted by atomic mass is 10.0. The van der Waals surface area contributed by atoms with Crippen LogP contribution in [-0.4, -0.2) is 33.9 Å². The van der Waals surface area contributed by atoms with Crippen LogP contribution in [0.25, 0.3) is 10.9 Å². The Balaban J connectivity index is 1.33. The molecule has 5 N–H and O–H groups in total. The van der Waals surface area contributed by atoms with E-state index >= 15 is 0 Å². The molecule has 0 spiro atoms. The normalized spacial score (nSPS) is 21.2. The Kier molecular flexibility index (Phi) is 5.66. The molecule has 3 aromatic rings. The molecule has 2 aliphatic carbocycles. The molecule has 0 saturated heterocycles. The molecule has 0 radical (unpaired) electrons. The van der Waals surface area contributed by atoms with Crippen LogP contribution in [0.2, 0.25) is 0 Å². The van der Waals surface area contributed by atoms with Crippen LogP contribution in [0.1, 0.15) is 75.8 Å². The standard InChI is InChI=1S/C26H31N5O2/c1-14-4-3-5-17-11-21(30-22(14)17)26(33)31-24(16-6-7-16)23-15(2)10-18(13-28-23)25(32)29-20-9-8-19(27)12-20/h3-5,10-11,13,16,19-20,24,30H,6-9,12,27H2,1-2H3,(H,29,32)(H,31,33)/t19-,20-,24?/m1/s1. The molecule has 7 heteroatoms. The summed E-state index contributed by atoms with van der Waals surface area (Å²) in [6.07, 6.45) is 6.42. The number of aromatic amines is 1. The van der Waals surface area contributed by atoms with Crippen molar-refractivity contribution in [2.24, 2.45) is 11.7 Å². The Morgan fingerprint density at radius 1 is 1.09 bits per heavy atom. The number of hydrogen-bond donors (Lipinski definition) is 4. The van der Waals surface area contributed by atoms with Crippen molar-refractivity contribution in [2.75, 3.05) is 0 Å². The Morgan fingerprint density at radius 3 is 2.58 bits per heavy atom. The lowest BCUT2D eigenvalue weighted by molar-refractivity contribution is 0.0920. The van der Waals surface area contributed by atoms with Gasteiger partial charge in [-0.3, -0.25) is 14.6 Å². The second kappa shape index (κ2) is 8.63. The molecule has 1 unspecified atom stereocenters. The molecule has 2 saturated carbocycles. The molecular weight excluding hydrogens is 414 g/mol. The summed E-state index contributed by atoms with van der Waals surface area (Å²) >= 11 is 0. The highest BCUT2D eigenvalue weighted by molar-refractivity contribution is 5.99. The molecule has 1 aromatic carbocycles. The molecule has 5 rings (SSSR count). The summed E-state index contributed by atoms with van der Waals surface area (Å²) in [5.74, 6) is 0.116. The number of nitrogens with two attached hydrogens (primary N) is 1. The number of para-hydroxylation sites is 1. The van der Waals surface area contributed by atoms with Crippen molar-refractivity contribution in [2.45, 2.75) is 64.1 Å². The summed E-state index contributed by atoms with van der Waals surface area (Å²) in [6, 6.07) is 9.92. The summed E-state index contributed by atoms with van der Waals surface area (Å²) in [6.45, 7) is 3.98.